The minimum absolute atomic E-state index is 0.0216. The van der Waals surface area contributed by atoms with Gasteiger partial charge in [-0.3, -0.25) is 14.7 Å². The molecule has 33 heavy (non-hydrogen) atoms. The van der Waals surface area contributed by atoms with E-state index in [0.717, 1.165) is 16.3 Å². The summed E-state index contributed by atoms with van der Waals surface area (Å²) in [5.74, 6) is 0.999. The van der Waals surface area contributed by atoms with Crippen LogP contribution in [0.15, 0.2) is 46.3 Å². The van der Waals surface area contributed by atoms with Gasteiger partial charge in [0.1, 0.15) is 6.61 Å². The highest BCUT2D eigenvalue weighted by Gasteiger charge is 2.35. The predicted molar refractivity (Wildman–Crippen MR) is 138 cm³/mol. The van der Waals surface area contributed by atoms with Gasteiger partial charge in [-0.25, -0.2) is 0 Å². The number of amidine groups is 1. The van der Waals surface area contributed by atoms with Gasteiger partial charge in [0.05, 0.1) is 16.5 Å². The molecular formula is C26H31ClN2O3S. The molecule has 1 fully saturated rings. The minimum Gasteiger partial charge on any atom is -0.490 e. The molecule has 0 spiro atoms. The molecule has 0 aliphatic carbocycles. The van der Waals surface area contributed by atoms with Crippen LogP contribution in [-0.2, 0) is 11.4 Å². The second-order valence-electron chi connectivity index (χ2n) is 8.43. The Morgan fingerprint density at radius 2 is 1.91 bits per heavy atom. The Balaban J connectivity index is 1.91. The number of amides is 1. The third-order valence-electron chi connectivity index (χ3n) is 4.82. The summed E-state index contributed by atoms with van der Waals surface area (Å²) in [6.07, 6.45) is 1.84. The summed E-state index contributed by atoms with van der Waals surface area (Å²) < 4.78 is 11.9. The fourth-order valence-corrected chi connectivity index (χ4v) is 4.94. The van der Waals surface area contributed by atoms with Crippen molar-refractivity contribution in [3.05, 3.63) is 63.0 Å². The number of hydrogen-bond acceptors (Lipinski definition) is 5. The fraction of sp³-hybridized carbons (Fsp3) is 0.385. The quantitative estimate of drug-likeness (QED) is 0.389. The molecule has 7 heteroatoms. The number of aliphatic imine (C=N–C) groups is 1. The minimum atomic E-state index is -0.0525. The first kappa shape index (κ1) is 25.2. The van der Waals surface area contributed by atoms with Crippen molar-refractivity contribution in [3.8, 4) is 11.5 Å². The summed E-state index contributed by atoms with van der Waals surface area (Å²) in [7, 11) is 0. The molecule has 1 aliphatic rings. The molecule has 2 aromatic rings. The first-order chi connectivity index (χ1) is 15.7. The molecule has 2 aromatic carbocycles. The lowest BCUT2D eigenvalue weighted by molar-refractivity contribution is -0.123. The lowest BCUT2D eigenvalue weighted by Gasteiger charge is -2.20. The van der Waals surface area contributed by atoms with E-state index in [0.29, 0.717) is 34.6 Å². The van der Waals surface area contributed by atoms with E-state index in [9.17, 15) is 4.79 Å². The van der Waals surface area contributed by atoms with Gasteiger partial charge in [0.15, 0.2) is 16.7 Å². The monoisotopic (exact) mass is 486 g/mol. The van der Waals surface area contributed by atoms with Gasteiger partial charge in [0.25, 0.3) is 5.91 Å². The zero-order chi connectivity index (χ0) is 24.1. The van der Waals surface area contributed by atoms with E-state index in [1.807, 2.05) is 71.9 Å². The third kappa shape index (κ3) is 6.33. The van der Waals surface area contributed by atoms with Crippen LogP contribution in [0.25, 0.3) is 6.08 Å². The van der Waals surface area contributed by atoms with Crippen LogP contribution in [0.1, 0.15) is 51.3 Å². The Morgan fingerprint density at radius 1 is 1.15 bits per heavy atom. The normalized spacial score (nSPS) is 16.5. The molecule has 0 N–H and O–H groups in total. The van der Waals surface area contributed by atoms with Crippen LogP contribution < -0.4 is 9.47 Å². The first-order valence-electron chi connectivity index (χ1n) is 11.1. The van der Waals surface area contributed by atoms with E-state index in [1.165, 1.54) is 17.3 Å². The molecule has 0 atom stereocenters. The average Bonchev–Trinajstić information content (AvgIpc) is 3.01. The van der Waals surface area contributed by atoms with Crippen LogP contribution in [0.3, 0.4) is 0 Å². The van der Waals surface area contributed by atoms with Crippen LogP contribution in [0.4, 0.5) is 0 Å². The van der Waals surface area contributed by atoms with Crippen molar-refractivity contribution in [1.29, 1.82) is 0 Å². The van der Waals surface area contributed by atoms with Gasteiger partial charge in [0, 0.05) is 12.1 Å². The molecule has 0 radical (unpaired) electrons. The summed E-state index contributed by atoms with van der Waals surface area (Å²) in [6, 6.07) is 11.9. The number of rotatable bonds is 8. The van der Waals surface area contributed by atoms with E-state index in [4.69, 9.17) is 21.1 Å². The van der Waals surface area contributed by atoms with Crippen LogP contribution in [0.5, 0.6) is 11.5 Å². The molecule has 3 rings (SSSR count). The number of thioether (sulfide) groups is 1. The molecule has 1 heterocycles. The molecule has 1 saturated heterocycles. The number of aryl methyl sites for hydroxylation is 1. The van der Waals surface area contributed by atoms with Gasteiger partial charge >= 0.3 is 0 Å². The topological polar surface area (TPSA) is 51.1 Å². The molecule has 5 nitrogen and oxygen atoms in total. The number of hydrogen-bond donors (Lipinski definition) is 0. The van der Waals surface area contributed by atoms with E-state index in [1.54, 1.807) is 11.0 Å². The van der Waals surface area contributed by atoms with Gasteiger partial charge < -0.3 is 9.47 Å². The lowest BCUT2D eigenvalue weighted by atomic mass is 10.1. The van der Waals surface area contributed by atoms with E-state index < -0.39 is 0 Å². The number of ether oxygens (including phenoxy) is 2. The van der Waals surface area contributed by atoms with Crippen molar-refractivity contribution >= 4 is 40.5 Å². The number of halogens is 1. The number of nitrogens with zero attached hydrogens (tertiary/aromatic N) is 2. The van der Waals surface area contributed by atoms with Crippen molar-refractivity contribution in [2.24, 2.45) is 4.99 Å². The molecule has 0 aromatic heterocycles. The fourth-order valence-electron chi connectivity index (χ4n) is 3.44. The van der Waals surface area contributed by atoms with Crippen molar-refractivity contribution in [2.45, 2.75) is 60.2 Å². The predicted octanol–water partition coefficient (Wildman–Crippen LogP) is 6.72. The standard InChI is InChI=1S/C26H31ClN2O3S/c1-7-31-22-13-20(12-21(27)24(22)32-15-19-10-8-9-18(6)11-19)14-23-25(30)29(17(4)5)26(33-23)28-16(2)3/h8-14,16-17H,7,15H2,1-6H3/b23-14+,28-26?. The zero-order valence-electron chi connectivity index (χ0n) is 20.0. The molecule has 0 bridgehead atoms. The molecular weight excluding hydrogens is 456 g/mol. The Hall–Kier alpha value is -2.44. The zero-order valence-corrected chi connectivity index (χ0v) is 21.6. The largest absolute Gasteiger partial charge is 0.490 e. The van der Waals surface area contributed by atoms with Crippen molar-refractivity contribution in [3.63, 3.8) is 0 Å². The Morgan fingerprint density at radius 3 is 2.55 bits per heavy atom. The molecule has 176 valence electrons. The van der Waals surface area contributed by atoms with Crippen LogP contribution in [0, 0.1) is 6.92 Å². The second-order valence-corrected chi connectivity index (χ2v) is 9.84. The Labute approximate surface area is 205 Å². The van der Waals surface area contributed by atoms with Crippen LogP contribution in [0.2, 0.25) is 5.02 Å². The van der Waals surface area contributed by atoms with Crippen molar-refractivity contribution in [2.75, 3.05) is 6.61 Å². The summed E-state index contributed by atoms with van der Waals surface area (Å²) in [6.45, 7) is 12.8. The highest BCUT2D eigenvalue weighted by molar-refractivity contribution is 8.18. The van der Waals surface area contributed by atoms with Gasteiger partial charge in [-0.2, -0.15) is 0 Å². The summed E-state index contributed by atoms with van der Waals surface area (Å²) in [4.78, 5) is 20.0. The highest BCUT2D eigenvalue weighted by Crippen LogP contribution is 2.40. The lowest BCUT2D eigenvalue weighted by Crippen LogP contribution is -2.35. The number of benzene rings is 2. The maximum Gasteiger partial charge on any atom is 0.266 e. The Bertz CT molecular complexity index is 1080. The molecule has 0 saturated carbocycles. The summed E-state index contributed by atoms with van der Waals surface area (Å²) in [5.41, 5.74) is 3.00. The first-order valence-corrected chi connectivity index (χ1v) is 12.3. The molecule has 0 unspecified atom stereocenters. The number of carbonyl (C=O) groups is 1. The third-order valence-corrected chi connectivity index (χ3v) is 6.09. The second kappa shape index (κ2) is 11.1. The smallest absolute Gasteiger partial charge is 0.266 e. The average molecular weight is 487 g/mol. The van der Waals surface area contributed by atoms with Crippen LogP contribution in [-0.4, -0.2) is 34.7 Å². The Kier molecular flexibility index (Phi) is 8.49. The maximum absolute atomic E-state index is 13.1. The van der Waals surface area contributed by atoms with Gasteiger partial charge in [-0.15, -0.1) is 0 Å². The van der Waals surface area contributed by atoms with Crippen molar-refractivity contribution in [1.82, 2.24) is 4.90 Å². The van der Waals surface area contributed by atoms with Gasteiger partial charge in [-0.1, -0.05) is 41.4 Å². The van der Waals surface area contributed by atoms with Gasteiger partial charge in [-0.05, 0) is 82.6 Å². The molecule has 1 amide bonds. The van der Waals surface area contributed by atoms with E-state index in [-0.39, 0.29) is 18.0 Å². The highest BCUT2D eigenvalue weighted by atomic mass is 35.5. The van der Waals surface area contributed by atoms with Crippen molar-refractivity contribution < 1.29 is 14.3 Å². The maximum atomic E-state index is 13.1. The summed E-state index contributed by atoms with van der Waals surface area (Å²) in [5, 5.41) is 1.16. The van der Waals surface area contributed by atoms with E-state index in [2.05, 4.69) is 11.1 Å². The van der Waals surface area contributed by atoms with Gasteiger partial charge in [0.2, 0.25) is 0 Å². The SMILES string of the molecule is CCOc1cc(/C=C2/SC(=NC(C)C)N(C(C)C)C2=O)cc(Cl)c1OCc1cccc(C)c1. The van der Waals surface area contributed by atoms with E-state index >= 15 is 0 Å². The van der Waals surface area contributed by atoms with Crippen LogP contribution >= 0.6 is 23.4 Å². The number of carbonyl (C=O) groups excluding carboxylic acids is 1. The molecule has 1 aliphatic heterocycles. The summed E-state index contributed by atoms with van der Waals surface area (Å²) >= 11 is 7.99.